The van der Waals surface area contributed by atoms with E-state index in [1.165, 1.54) is 12.1 Å². The van der Waals surface area contributed by atoms with E-state index in [1.807, 2.05) is 26.8 Å². The molecule has 0 aliphatic heterocycles. The van der Waals surface area contributed by atoms with E-state index in [0.29, 0.717) is 52.6 Å². The Kier molecular flexibility index (Phi) is 8.71. The lowest BCUT2D eigenvalue weighted by atomic mass is 9.91. The first-order valence-corrected chi connectivity index (χ1v) is 14.7. The van der Waals surface area contributed by atoms with Gasteiger partial charge in [-0.1, -0.05) is 29.3 Å². The second-order valence-corrected chi connectivity index (χ2v) is 12.4. The van der Waals surface area contributed by atoms with Gasteiger partial charge in [0.15, 0.2) is 5.65 Å². The Morgan fingerprint density at radius 3 is 2.33 bits per heavy atom. The number of amides is 1. The predicted octanol–water partition coefficient (Wildman–Crippen LogP) is 7.05. The number of halogens is 2. The van der Waals surface area contributed by atoms with Crippen LogP contribution in [-0.4, -0.2) is 42.9 Å². The van der Waals surface area contributed by atoms with Crippen molar-refractivity contribution in [3.05, 3.63) is 86.3 Å². The van der Waals surface area contributed by atoms with E-state index < -0.39 is 17.7 Å². The van der Waals surface area contributed by atoms with Crippen molar-refractivity contribution in [1.82, 2.24) is 19.4 Å². The van der Waals surface area contributed by atoms with E-state index in [2.05, 4.69) is 5.32 Å². The van der Waals surface area contributed by atoms with Crippen LogP contribution in [0.5, 0.6) is 11.6 Å². The maximum absolute atomic E-state index is 14.0. The van der Waals surface area contributed by atoms with Gasteiger partial charge in [0.05, 0.1) is 27.7 Å². The highest BCUT2D eigenvalue weighted by atomic mass is 35.5. The van der Waals surface area contributed by atoms with Gasteiger partial charge in [0.1, 0.15) is 11.4 Å². The van der Waals surface area contributed by atoms with Crippen LogP contribution in [0.1, 0.15) is 68.4 Å². The summed E-state index contributed by atoms with van der Waals surface area (Å²) in [5.74, 6) is -0.375. The number of rotatable bonds is 7. The SMILES string of the molecule is CC(C)(C)OC(=O)NC1CCC(n2c(=O)n(Cc3ccc(Cl)c(Cl)c3)c3nc(Oc4ccc(C(=O)O)cc4)ccc32)CC1. The summed E-state index contributed by atoms with van der Waals surface area (Å²) in [7, 11) is 0. The van der Waals surface area contributed by atoms with Crippen molar-refractivity contribution in [1.29, 1.82) is 0 Å². The molecule has 1 aliphatic rings. The average Bonchev–Trinajstić information content (AvgIpc) is 3.20. The Bertz CT molecular complexity index is 1720. The number of aromatic carboxylic acids is 1. The molecular weight excluding hydrogens is 595 g/mol. The number of pyridine rings is 1. The molecular formula is C31H32Cl2N4O6. The predicted molar refractivity (Wildman–Crippen MR) is 164 cm³/mol. The number of benzene rings is 2. The highest BCUT2D eigenvalue weighted by molar-refractivity contribution is 6.42. The molecule has 2 N–H and O–H groups in total. The highest BCUT2D eigenvalue weighted by Gasteiger charge is 2.29. The molecule has 2 heterocycles. The summed E-state index contributed by atoms with van der Waals surface area (Å²) in [6.45, 7) is 5.67. The van der Waals surface area contributed by atoms with Gasteiger partial charge in [0, 0.05) is 18.2 Å². The fourth-order valence-corrected chi connectivity index (χ4v) is 5.57. The maximum Gasteiger partial charge on any atom is 0.407 e. The molecule has 0 atom stereocenters. The zero-order chi connectivity index (χ0) is 30.9. The van der Waals surface area contributed by atoms with E-state index in [9.17, 15) is 14.4 Å². The standard InChI is InChI=1S/C31H32Cl2N4O6/c1-31(2,3)43-29(40)34-20-7-9-21(10-8-20)37-25-14-15-26(42-22-11-5-19(6-12-22)28(38)39)35-27(25)36(30(37)41)17-18-4-13-23(32)24(33)16-18/h4-6,11-16,20-21H,7-10,17H2,1-3H3,(H,34,40)(H,38,39). The average molecular weight is 628 g/mol. The number of carbonyl (C=O) groups is 2. The molecule has 0 bridgehead atoms. The van der Waals surface area contributed by atoms with Gasteiger partial charge in [0.2, 0.25) is 5.88 Å². The van der Waals surface area contributed by atoms with Crippen molar-refractivity contribution in [2.45, 2.75) is 70.7 Å². The van der Waals surface area contributed by atoms with E-state index in [0.717, 1.165) is 5.56 Å². The molecule has 43 heavy (non-hydrogen) atoms. The van der Waals surface area contributed by atoms with Crippen LogP contribution in [0.15, 0.2) is 59.4 Å². The molecule has 2 aromatic carbocycles. The van der Waals surface area contributed by atoms with E-state index in [4.69, 9.17) is 42.8 Å². The van der Waals surface area contributed by atoms with Gasteiger partial charge < -0.3 is 19.9 Å². The van der Waals surface area contributed by atoms with Gasteiger partial charge in [-0.15, -0.1) is 0 Å². The number of fused-ring (bicyclic) bond motifs is 1. The normalized spacial score (nSPS) is 17.0. The molecule has 0 radical (unpaired) electrons. The smallest absolute Gasteiger partial charge is 0.407 e. The van der Waals surface area contributed by atoms with E-state index >= 15 is 0 Å². The summed E-state index contributed by atoms with van der Waals surface area (Å²) >= 11 is 12.4. The molecule has 226 valence electrons. The van der Waals surface area contributed by atoms with Crippen LogP contribution in [0.25, 0.3) is 11.2 Å². The lowest BCUT2D eigenvalue weighted by Gasteiger charge is -2.30. The third-order valence-corrected chi connectivity index (χ3v) is 7.95. The number of aromatic nitrogens is 3. The lowest BCUT2D eigenvalue weighted by molar-refractivity contribution is 0.0487. The first-order valence-electron chi connectivity index (χ1n) is 13.9. The minimum atomic E-state index is -1.03. The Hall–Kier alpha value is -4.02. The minimum absolute atomic E-state index is 0.0444. The maximum atomic E-state index is 14.0. The van der Waals surface area contributed by atoms with Crippen LogP contribution in [0.4, 0.5) is 4.79 Å². The molecule has 10 nitrogen and oxygen atoms in total. The first-order chi connectivity index (χ1) is 20.4. The number of nitrogens with one attached hydrogen (secondary N) is 1. The number of ether oxygens (including phenoxy) is 2. The third-order valence-electron chi connectivity index (χ3n) is 7.21. The number of imidazole rings is 1. The summed E-state index contributed by atoms with van der Waals surface area (Å²) in [6.07, 6.45) is 2.30. The van der Waals surface area contributed by atoms with E-state index in [1.54, 1.807) is 45.5 Å². The Morgan fingerprint density at radius 2 is 1.70 bits per heavy atom. The highest BCUT2D eigenvalue weighted by Crippen LogP contribution is 2.32. The quantitative estimate of drug-likeness (QED) is 0.225. The van der Waals surface area contributed by atoms with Gasteiger partial charge in [-0.3, -0.25) is 9.13 Å². The third kappa shape index (κ3) is 7.14. The fourth-order valence-electron chi connectivity index (χ4n) is 5.25. The van der Waals surface area contributed by atoms with Crippen molar-refractivity contribution in [3.63, 3.8) is 0 Å². The number of nitrogens with zero attached hydrogens (tertiary/aromatic N) is 3. The molecule has 4 aromatic rings. The second-order valence-electron chi connectivity index (χ2n) is 11.6. The van der Waals surface area contributed by atoms with Crippen LogP contribution >= 0.6 is 23.2 Å². The molecule has 0 spiro atoms. The first kappa shape index (κ1) is 30.4. The second kappa shape index (κ2) is 12.3. The van der Waals surface area contributed by atoms with Gasteiger partial charge in [-0.25, -0.2) is 14.4 Å². The Morgan fingerprint density at radius 1 is 1.00 bits per heavy atom. The lowest BCUT2D eigenvalue weighted by Crippen LogP contribution is -2.41. The largest absolute Gasteiger partial charge is 0.478 e. The van der Waals surface area contributed by atoms with Crippen LogP contribution in [0, 0.1) is 0 Å². The zero-order valence-electron chi connectivity index (χ0n) is 24.0. The molecule has 12 heteroatoms. The summed E-state index contributed by atoms with van der Waals surface area (Å²) in [5, 5.41) is 12.9. The summed E-state index contributed by atoms with van der Waals surface area (Å²) < 4.78 is 14.7. The van der Waals surface area contributed by atoms with Crippen molar-refractivity contribution in [2.75, 3.05) is 0 Å². The van der Waals surface area contributed by atoms with Crippen LogP contribution in [-0.2, 0) is 11.3 Å². The van der Waals surface area contributed by atoms with Crippen molar-refractivity contribution >= 4 is 46.4 Å². The number of carboxylic acids is 1. The molecule has 1 fully saturated rings. The number of hydrogen-bond donors (Lipinski definition) is 2. The van der Waals surface area contributed by atoms with Crippen LogP contribution < -0.4 is 15.7 Å². The number of alkyl carbamates (subject to hydrolysis) is 1. The van der Waals surface area contributed by atoms with Gasteiger partial charge in [-0.05, 0) is 94.5 Å². The van der Waals surface area contributed by atoms with E-state index in [-0.39, 0.29) is 35.8 Å². The molecule has 1 amide bonds. The topological polar surface area (TPSA) is 125 Å². The zero-order valence-corrected chi connectivity index (χ0v) is 25.5. The van der Waals surface area contributed by atoms with Crippen molar-refractivity contribution in [2.24, 2.45) is 0 Å². The number of hydrogen-bond acceptors (Lipinski definition) is 6. The van der Waals surface area contributed by atoms with Gasteiger partial charge in [0.25, 0.3) is 0 Å². The van der Waals surface area contributed by atoms with Gasteiger partial charge in [-0.2, -0.15) is 4.98 Å². The molecule has 2 aromatic heterocycles. The Labute approximate surface area is 258 Å². The summed E-state index contributed by atoms with van der Waals surface area (Å²) in [6, 6.07) is 14.5. The molecule has 1 aliphatic carbocycles. The monoisotopic (exact) mass is 626 g/mol. The fraction of sp³-hybridized carbons (Fsp3) is 0.355. The van der Waals surface area contributed by atoms with Crippen LogP contribution in [0.3, 0.4) is 0 Å². The van der Waals surface area contributed by atoms with Crippen molar-refractivity contribution in [3.8, 4) is 11.6 Å². The molecule has 0 saturated heterocycles. The summed E-state index contributed by atoms with van der Waals surface area (Å²) in [5.41, 5.74) is 1.20. The molecule has 5 rings (SSSR count). The van der Waals surface area contributed by atoms with Gasteiger partial charge >= 0.3 is 17.8 Å². The number of carbonyl (C=O) groups excluding carboxylic acids is 1. The Balaban J connectivity index is 1.44. The van der Waals surface area contributed by atoms with Crippen molar-refractivity contribution < 1.29 is 24.2 Å². The molecule has 0 unspecified atom stereocenters. The minimum Gasteiger partial charge on any atom is -0.478 e. The van der Waals surface area contributed by atoms with Crippen LogP contribution in [0.2, 0.25) is 10.0 Å². The molecule has 1 saturated carbocycles. The summed E-state index contributed by atoms with van der Waals surface area (Å²) in [4.78, 5) is 42.2. The number of carboxylic acid groups (broad SMARTS) is 1.